The zero-order valence-electron chi connectivity index (χ0n) is 9.37. The van der Waals surface area contributed by atoms with E-state index in [1.807, 2.05) is 0 Å². The number of carbonyl (C=O) groups excluding carboxylic acids is 1. The Hall–Kier alpha value is -2.12. The molecule has 0 aliphatic rings. The predicted molar refractivity (Wildman–Crippen MR) is 60.0 cm³/mol. The van der Waals surface area contributed by atoms with Gasteiger partial charge in [0, 0.05) is 5.56 Å². The average Bonchev–Trinajstić information content (AvgIpc) is 2.35. The monoisotopic (exact) mass is 255 g/mol. The van der Waals surface area contributed by atoms with E-state index >= 15 is 0 Å². The largest absolute Gasteiger partial charge is 0.507 e. The molecule has 0 saturated carbocycles. The lowest BCUT2D eigenvalue weighted by Gasteiger charge is -2.12. The molecular formula is C11H13NO6. The summed E-state index contributed by atoms with van der Waals surface area (Å²) in [5, 5.41) is 27.0. The summed E-state index contributed by atoms with van der Waals surface area (Å²) < 4.78 is 4.62. The molecule has 1 aromatic carbocycles. The van der Waals surface area contributed by atoms with Crippen LogP contribution >= 0.6 is 0 Å². The number of aliphatic carboxylic acids is 1. The van der Waals surface area contributed by atoms with Gasteiger partial charge in [-0.2, -0.15) is 0 Å². The summed E-state index contributed by atoms with van der Waals surface area (Å²) in [5.41, 5.74) is 5.08. The van der Waals surface area contributed by atoms with Crippen LogP contribution in [-0.4, -0.2) is 40.5 Å². The summed E-state index contributed by atoms with van der Waals surface area (Å²) in [7, 11) is 0. The van der Waals surface area contributed by atoms with Crippen molar-refractivity contribution in [3.8, 4) is 5.75 Å². The van der Waals surface area contributed by atoms with Gasteiger partial charge in [0.05, 0.1) is 6.61 Å². The van der Waals surface area contributed by atoms with Crippen LogP contribution in [0.15, 0.2) is 18.2 Å². The SMILES string of the molecule is N[C@H](C(=O)O)c1cccc(C(=O)OCCO)c1O. The normalized spacial score (nSPS) is 11.9. The summed E-state index contributed by atoms with van der Waals surface area (Å²) in [6, 6.07) is 2.52. The van der Waals surface area contributed by atoms with Gasteiger partial charge in [0.15, 0.2) is 0 Å². The number of aliphatic hydroxyl groups is 1. The number of phenolic OH excluding ortho intramolecular Hbond substituents is 1. The molecule has 0 amide bonds. The molecule has 98 valence electrons. The molecule has 0 aromatic heterocycles. The highest BCUT2D eigenvalue weighted by atomic mass is 16.5. The molecule has 0 saturated heterocycles. The van der Waals surface area contributed by atoms with E-state index in [0.717, 1.165) is 0 Å². The van der Waals surface area contributed by atoms with Gasteiger partial charge in [-0.1, -0.05) is 12.1 Å². The first-order valence-electron chi connectivity index (χ1n) is 5.07. The Labute approximate surface area is 102 Å². The number of hydrogen-bond acceptors (Lipinski definition) is 6. The maximum Gasteiger partial charge on any atom is 0.342 e. The van der Waals surface area contributed by atoms with Crippen LogP contribution in [0.2, 0.25) is 0 Å². The fourth-order valence-corrected chi connectivity index (χ4v) is 1.33. The van der Waals surface area contributed by atoms with Crippen LogP contribution in [0.3, 0.4) is 0 Å². The molecule has 0 spiro atoms. The number of carbonyl (C=O) groups is 2. The second-order valence-corrected chi connectivity index (χ2v) is 3.42. The Morgan fingerprint density at radius 2 is 2.06 bits per heavy atom. The highest BCUT2D eigenvalue weighted by molar-refractivity contribution is 5.93. The van der Waals surface area contributed by atoms with Crippen molar-refractivity contribution in [1.82, 2.24) is 0 Å². The third-order valence-electron chi connectivity index (χ3n) is 2.21. The van der Waals surface area contributed by atoms with Crippen molar-refractivity contribution in [3.63, 3.8) is 0 Å². The number of carboxylic acid groups (broad SMARTS) is 1. The molecule has 1 atom stereocenters. The number of benzene rings is 1. The molecule has 1 aromatic rings. The van der Waals surface area contributed by atoms with E-state index in [0.29, 0.717) is 0 Å². The first-order valence-corrected chi connectivity index (χ1v) is 5.07. The fourth-order valence-electron chi connectivity index (χ4n) is 1.33. The molecule has 0 aliphatic heterocycles. The van der Waals surface area contributed by atoms with E-state index in [-0.39, 0.29) is 24.3 Å². The van der Waals surface area contributed by atoms with E-state index in [2.05, 4.69) is 4.74 Å². The number of rotatable bonds is 5. The van der Waals surface area contributed by atoms with Crippen molar-refractivity contribution < 1.29 is 29.6 Å². The van der Waals surface area contributed by atoms with Crippen LogP contribution in [0.25, 0.3) is 0 Å². The third-order valence-corrected chi connectivity index (χ3v) is 2.21. The number of esters is 1. The third kappa shape index (κ3) is 2.96. The van der Waals surface area contributed by atoms with Crippen LogP contribution in [0.1, 0.15) is 22.0 Å². The van der Waals surface area contributed by atoms with Crippen LogP contribution in [0.4, 0.5) is 0 Å². The topological polar surface area (TPSA) is 130 Å². The maximum absolute atomic E-state index is 11.5. The quantitative estimate of drug-likeness (QED) is 0.528. The molecule has 7 nitrogen and oxygen atoms in total. The Morgan fingerprint density at radius 3 is 2.61 bits per heavy atom. The Balaban J connectivity index is 3.05. The summed E-state index contributed by atoms with van der Waals surface area (Å²) in [6.45, 7) is -0.561. The van der Waals surface area contributed by atoms with Gasteiger partial charge >= 0.3 is 11.9 Å². The molecule has 0 bridgehead atoms. The molecule has 5 N–H and O–H groups in total. The number of carboxylic acids is 1. The molecule has 0 unspecified atom stereocenters. The lowest BCUT2D eigenvalue weighted by atomic mass is 10.0. The van der Waals surface area contributed by atoms with Crippen LogP contribution in [-0.2, 0) is 9.53 Å². The number of aromatic hydroxyl groups is 1. The van der Waals surface area contributed by atoms with Crippen molar-refractivity contribution in [1.29, 1.82) is 0 Å². The molecule has 7 heteroatoms. The highest BCUT2D eigenvalue weighted by Crippen LogP contribution is 2.27. The van der Waals surface area contributed by atoms with Crippen molar-refractivity contribution in [2.75, 3.05) is 13.2 Å². The first-order chi connectivity index (χ1) is 8.49. The molecule has 0 fully saturated rings. The van der Waals surface area contributed by atoms with Gasteiger partial charge in [-0.25, -0.2) is 4.79 Å². The second-order valence-electron chi connectivity index (χ2n) is 3.42. The summed E-state index contributed by atoms with van der Waals surface area (Å²) >= 11 is 0. The minimum absolute atomic E-state index is 0.0825. The van der Waals surface area contributed by atoms with Gasteiger partial charge in [0.1, 0.15) is 24.0 Å². The summed E-state index contributed by atoms with van der Waals surface area (Å²) in [4.78, 5) is 22.2. The van der Waals surface area contributed by atoms with Crippen molar-refractivity contribution in [2.45, 2.75) is 6.04 Å². The smallest absolute Gasteiger partial charge is 0.342 e. The number of nitrogens with two attached hydrogens (primary N) is 1. The Kier molecular flexibility index (Phi) is 4.64. The van der Waals surface area contributed by atoms with Crippen LogP contribution in [0.5, 0.6) is 5.75 Å². The Morgan fingerprint density at radius 1 is 1.39 bits per heavy atom. The van der Waals surface area contributed by atoms with Gasteiger partial charge in [-0.15, -0.1) is 0 Å². The van der Waals surface area contributed by atoms with Crippen molar-refractivity contribution in [2.24, 2.45) is 5.73 Å². The lowest BCUT2D eigenvalue weighted by molar-refractivity contribution is -0.138. The van der Waals surface area contributed by atoms with E-state index < -0.39 is 23.7 Å². The predicted octanol–water partition coefficient (Wildman–Crippen LogP) is -0.374. The van der Waals surface area contributed by atoms with Crippen LogP contribution in [0, 0.1) is 0 Å². The number of ether oxygens (including phenoxy) is 1. The maximum atomic E-state index is 11.5. The van der Waals surface area contributed by atoms with Crippen LogP contribution < -0.4 is 5.73 Å². The van der Waals surface area contributed by atoms with Crippen molar-refractivity contribution in [3.05, 3.63) is 29.3 Å². The molecule has 0 heterocycles. The molecule has 18 heavy (non-hydrogen) atoms. The standard InChI is InChI=1S/C11H13NO6/c12-8(10(15)16)6-2-1-3-7(9(6)14)11(17)18-5-4-13/h1-3,8,13-14H,4-5,12H2,(H,15,16)/t8-/m0/s1. The zero-order chi connectivity index (χ0) is 13.7. The molecule has 0 aliphatic carbocycles. The van der Waals surface area contributed by atoms with E-state index in [1.165, 1.54) is 18.2 Å². The van der Waals surface area contributed by atoms with Gasteiger partial charge in [-0.3, -0.25) is 4.79 Å². The van der Waals surface area contributed by atoms with Gasteiger partial charge < -0.3 is 25.8 Å². The lowest BCUT2D eigenvalue weighted by Crippen LogP contribution is -2.21. The first kappa shape index (κ1) is 13.9. The molecular weight excluding hydrogens is 242 g/mol. The summed E-state index contributed by atoms with van der Waals surface area (Å²) in [6.07, 6.45) is 0. The number of para-hydroxylation sites is 1. The van der Waals surface area contributed by atoms with Gasteiger partial charge in [0.25, 0.3) is 0 Å². The average molecular weight is 255 g/mol. The molecule has 1 rings (SSSR count). The van der Waals surface area contributed by atoms with E-state index in [1.54, 1.807) is 0 Å². The second kappa shape index (κ2) is 5.99. The zero-order valence-corrected chi connectivity index (χ0v) is 9.37. The minimum atomic E-state index is -1.43. The number of phenols is 1. The number of hydrogen-bond donors (Lipinski definition) is 4. The van der Waals surface area contributed by atoms with Gasteiger partial charge in [-0.05, 0) is 6.07 Å². The highest BCUT2D eigenvalue weighted by Gasteiger charge is 2.22. The minimum Gasteiger partial charge on any atom is -0.507 e. The van der Waals surface area contributed by atoms with Crippen molar-refractivity contribution >= 4 is 11.9 Å². The molecule has 0 radical (unpaired) electrons. The number of aliphatic hydroxyl groups excluding tert-OH is 1. The Bertz CT molecular complexity index is 459. The van der Waals surface area contributed by atoms with E-state index in [9.17, 15) is 14.7 Å². The van der Waals surface area contributed by atoms with Gasteiger partial charge in [0.2, 0.25) is 0 Å². The van der Waals surface area contributed by atoms with E-state index in [4.69, 9.17) is 15.9 Å². The fraction of sp³-hybridized carbons (Fsp3) is 0.273. The summed E-state index contributed by atoms with van der Waals surface area (Å²) in [5.74, 6) is -2.72.